The van der Waals surface area contributed by atoms with Crippen molar-refractivity contribution in [2.75, 3.05) is 13.7 Å². The number of nitrogens with zero attached hydrogens (tertiary/aromatic N) is 2. The van der Waals surface area contributed by atoms with E-state index in [1.165, 1.54) is 22.2 Å². The van der Waals surface area contributed by atoms with Crippen LogP contribution in [0, 0.1) is 0 Å². The Balaban J connectivity index is 1.36. The molecular formula is C24H21N3O4S. The number of rotatable bonds is 5. The Bertz CT molecular complexity index is 1340. The van der Waals surface area contributed by atoms with Crippen molar-refractivity contribution in [2.24, 2.45) is 0 Å². The number of nitrogens with one attached hydrogen (secondary N) is 1. The van der Waals surface area contributed by atoms with Crippen LogP contribution in [0.1, 0.15) is 18.0 Å². The van der Waals surface area contributed by atoms with Crippen LogP contribution < -0.4 is 20.3 Å². The maximum Gasteiger partial charge on any atom is 0.271 e. The second-order valence-corrected chi connectivity index (χ2v) is 8.58. The van der Waals surface area contributed by atoms with Gasteiger partial charge < -0.3 is 14.8 Å². The lowest BCUT2D eigenvalue weighted by Crippen LogP contribution is -2.36. The van der Waals surface area contributed by atoms with Gasteiger partial charge in [0.1, 0.15) is 22.7 Å². The molecule has 4 aromatic rings. The van der Waals surface area contributed by atoms with E-state index in [1.54, 1.807) is 7.11 Å². The molecule has 5 rings (SSSR count). The molecule has 0 unspecified atom stereocenters. The smallest absolute Gasteiger partial charge is 0.271 e. The van der Waals surface area contributed by atoms with Gasteiger partial charge in [-0.1, -0.05) is 18.2 Å². The average molecular weight is 448 g/mol. The number of thiophene rings is 1. The van der Waals surface area contributed by atoms with Crippen LogP contribution in [0.15, 0.2) is 65.7 Å². The zero-order valence-corrected chi connectivity index (χ0v) is 18.2. The van der Waals surface area contributed by atoms with Crippen molar-refractivity contribution in [3.63, 3.8) is 0 Å². The summed E-state index contributed by atoms with van der Waals surface area (Å²) in [6.07, 6.45) is 2.12. The number of hydrogen-bond acceptors (Lipinski definition) is 6. The number of carbonyl (C=O) groups excluding carboxylic acids is 1. The number of hydrogen-bond donors (Lipinski definition) is 1. The van der Waals surface area contributed by atoms with Crippen LogP contribution in [0.5, 0.6) is 11.5 Å². The Morgan fingerprint density at radius 1 is 1.25 bits per heavy atom. The molecule has 1 atom stereocenters. The highest BCUT2D eigenvalue weighted by Gasteiger charge is 2.23. The molecule has 0 spiro atoms. The highest BCUT2D eigenvalue weighted by molar-refractivity contribution is 7.22. The first kappa shape index (κ1) is 20.3. The van der Waals surface area contributed by atoms with E-state index < -0.39 is 0 Å². The molecule has 0 radical (unpaired) electrons. The summed E-state index contributed by atoms with van der Waals surface area (Å²) in [6, 6.07) is 17.1. The van der Waals surface area contributed by atoms with Gasteiger partial charge in [-0.3, -0.25) is 14.2 Å². The molecule has 2 aromatic heterocycles. The number of carbonyl (C=O) groups is 1. The number of ether oxygens (including phenoxy) is 2. The van der Waals surface area contributed by atoms with Crippen molar-refractivity contribution in [1.82, 2.24) is 14.9 Å². The van der Waals surface area contributed by atoms with E-state index in [9.17, 15) is 9.59 Å². The van der Waals surface area contributed by atoms with Gasteiger partial charge in [-0.05, 0) is 42.0 Å². The minimum Gasteiger partial charge on any atom is -0.497 e. The van der Waals surface area contributed by atoms with Crippen molar-refractivity contribution in [1.29, 1.82) is 0 Å². The van der Waals surface area contributed by atoms with E-state index in [4.69, 9.17) is 9.47 Å². The molecule has 2 aromatic carbocycles. The number of methoxy groups -OCH3 is 1. The topological polar surface area (TPSA) is 82.5 Å². The molecule has 1 N–H and O–H groups in total. The molecule has 1 aliphatic heterocycles. The molecule has 3 heterocycles. The fraction of sp³-hybridized carbons (Fsp3) is 0.208. The van der Waals surface area contributed by atoms with Crippen molar-refractivity contribution >= 4 is 27.5 Å². The zero-order valence-electron chi connectivity index (χ0n) is 17.4. The number of para-hydroxylation sites is 1. The number of fused-ring (bicyclic) bond motifs is 2. The number of benzene rings is 2. The predicted octanol–water partition coefficient (Wildman–Crippen LogP) is 3.77. The largest absolute Gasteiger partial charge is 0.497 e. The van der Waals surface area contributed by atoms with Gasteiger partial charge in [0.15, 0.2) is 0 Å². The van der Waals surface area contributed by atoms with E-state index in [0.717, 1.165) is 27.5 Å². The van der Waals surface area contributed by atoms with Gasteiger partial charge in [0.05, 0.1) is 31.6 Å². The lowest BCUT2D eigenvalue weighted by molar-refractivity contribution is -0.122. The molecule has 1 amide bonds. The standard InChI is InChI=1S/C24H21N3O4S/c1-30-16-8-6-15(7-9-16)21-12-19-23(32-21)24(29)27(14-25-19)13-22(28)26-18-10-11-31-20-5-3-2-4-17(18)20/h2-9,12,14,18H,10-11,13H2,1H3,(H,26,28)/t18-/m0/s1. The first-order valence-electron chi connectivity index (χ1n) is 10.3. The van der Waals surface area contributed by atoms with Crippen LogP contribution in [0.25, 0.3) is 20.7 Å². The van der Waals surface area contributed by atoms with Crippen LogP contribution in [0.4, 0.5) is 0 Å². The molecule has 32 heavy (non-hydrogen) atoms. The van der Waals surface area contributed by atoms with Gasteiger partial charge in [0, 0.05) is 16.9 Å². The third-order valence-electron chi connectivity index (χ3n) is 5.49. The first-order chi connectivity index (χ1) is 15.6. The zero-order chi connectivity index (χ0) is 22.1. The van der Waals surface area contributed by atoms with Gasteiger partial charge in [0.25, 0.3) is 5.56 Å². The van der Waals surface area contributed by atoms with E-state index >= 15 is 0 Å². The molecule has 162 valence electrons. The monoisotopic (exact) mass is 447 g/mol. The maximum absolute atomic E-state index is 13.0. The third-order valence-corrected chi connectivity index (χ3v) is 6.65. The molecule has 1 aliphatic rings. The fourth-order valence-electron chi connectivity index (χ4n) is 3.84. The van der Waals surface area contributed by atoms with Crippen molar-refractivity contribution in [3.05, 3.63) is 76.8 Å². The molecule has 0 fully saturated rings. The van der Waals surface area contributed by atoms with Gasteiger partial charge in [-0.15, -0.1) is 11.3 Å². The van der Waals surface area contributed by atoms with E-state index in [2.05, 4.69) is 10.3 Å². The highest BCUT2D eigenvalue weighted by atomic mass is 32.1. The molecule has 7 nitrogen and oxygen atoms in total. The summed E-state index contributed by atoms with van der Waals surface area (Å²) in [5.41, 5.74) is 2.34. The van der Waals surface area contributed by atoms with E-state index in [1.807, 2.05) is 54.6 Å². The lowest BCUT2D eigenvalue weighted by Gasteiger charge is -2.26. The second kappa shape index (κ2) is 8.47. The lowest BCUT2D eigenvalue weighted by atomic mass is 10.0. The molecule has 0 saturated carbocycles. The minimum atomic E-state index is -0.234. The van der Waals surface area contributed by atoms with Gasteiger partial charge in [0.2, 0.25) is 5.91 Å². The van der Waals surface area contributed by atoms with Crippen LogP contribution >= 0.6 is 11.3 Å². The summed E-state index contributed by atoms with van der Waals surface area (Å²) in [5, 5.41) is 3.03. The van der Waals surface area contributed by atoms with Gasteiger partial charge >= 0.3 is 0 Å². The number of amides is 1. The second-order valence-electron chi connectivity index (χ2n) is 7.53. The van der Waals surface area contributed by atoms with Crippen LogP contribution in [0.2, 0.25) is 0 Å². The Morgan fingerprint density at radius 2 is 2.06 bits per heavy atom. The Labute approximate surface area is 188 Å². The molecule has 0 bridgehead atoms. The summed E-state index contributed by atoms with van der Waals surface area (Å²) in [4.78, 5) is 31.1. The van der Waals surface area contributed by atoms with E-state index in [0.29, 0.717) is 23.2 Å². The molecular weight excluding hydrogens is 426 g/mol. The fourth-order valence-corrected chi connectivity index (χ4v) is 4.91. The van der Waals surface area contributed by atoms with Gasteiger partial charge in [-0.2, -0.15) is 0 Å². The molecule has 0 saturated heterocycles. The highest BCUT2D eigenvalue weighted by Crippen LogP contribution is 2.32. The third kappa shape index (κ3) is 3.85. The normalized spacial score (nSPS) is 15.1. The van der Waals surface area contributed by atoms with Gasteiger partial charge in [-0.25, -0.2) is 4.98 Å². The maximum atomic E-state index is 13.0. The van der Waals surface area contributed by atoms with Crippen molar-refractivity contribution in [3.8, 4) is 21.9 Å². The van der Waals surface area contributed by atoms with E-state index in [-0.39, 0.29) is 24.1 Å². The van der Waals surface area contributed by atoms with Crippen LogP contribution in [0.3, 0.4) is 0 Å². The Hall–Kier alpha value is -3.65. The Kier molecular flexibility index (Phi) is 5.36. The quantitative estimate of drug-likeness (QED) is 0.504. The molecule has 8 heteroatoms. The van der Waals surface area contributed by atoms with Crippen LogP contribution in [-0.2, 0) is 11.3 Å². The number of aromatic nitrogens is 2. The summed E-state index contributed by atoms with van der Waals surface area (Å²) >= 11 is 1.37. The SMILES string of the molecule is COc1ccc(-c2cc3ncn(CC(=O)N[C@H]4CCOc5ccccc54)c(=O)c3s2)cc1. The summed E-state index contributed by atoms with van der Waals surface area (Å²) in [7, 11) is 1.62. The summed E-state index contributed by atoms with van der Waals surface area (Å²) < 4.78 is 12.7. The predicted molar refractivity (Wildman–Crippen MR) is 123 cm³/mol. The Morgan fingerprint density at radius 3 is 2.88 bits per heavy atom. The average Bonchev–Trinajstić information content (AvgIpc) is 3.26. The van der Waals surface area contributed by atoms with Crippen molar-refractivity contribution < 1.29 is 14.3 Å². The van der Waals surface area contributed by atoms with Crippen molar-refractivity contribution in [2.45, 2.75) is 19.0 Å². The summed E-state index contributed by atoms with van der Waals surface area (Å²) in [6.45, 7) is 0.454. The molecule has 0 aliphatic carbocycles. The first-order valence-corrected chi connectivity index (χ1v) is 11.1. The minimum absolute atomic E-state index is 0.0862. The van der Waals surface area contributed by atoms with Crippen LogP contribution in [-0.4, -0.2) is 29.2 Å². The summed E-state index contributed by atoms with van der Waals surface area (Å²) in [5.74, 6) is 1.32.